The van der Waals surface area contributed by atoms with Crippen LogP contribution in [0.25, 0.3) is 16.6 Å². The first-order chi connectivity index (χ1) is 10.0. The minimum atomic E-state index is -0.591. The number of nitrogens with one attached hydrogen (secondary N) is 1. The van der Waals surface area contributed by atoms with Gasteiger partial charge in [0, 0.05) is 0 Å². The van der Waals surface area contributed by atoms with E-state index in [1.54, 1.807) is 24.3 Å². The number of aromatic hydroxyl groups is 1. The number of para-hydroxylation sites is 1. The third-order valence-electron chi connectivity index (χ3n) is 3.21. The number of nitrogen functional groups attached to an aromatic ring is 1. The molecule has 3 rings (SSSR count). The Bertz CT molecular complexity index is 909. The highest BCUT2D eigenvalue weighted by Crippen LogP contribution is 2.27. The molecule has 106 valence electrons. The van der Waals surface area contributed by atoms with E-state index < -0.39 is 17.2 Å². The standard InChI is InChI=1S/C14H12N4O3/c1-7(19)9-11-10(14(21)16-13(9)20)12(15)18(17-11)8-5-3-2-4-6-8/h2-6,20H,15H2,1H3,(H,16,21). The van der Waals surface area contributed by atoms with Gasteiger partial charge in [-0.1, -0.05) is 18.2 Å². The summed E-state index contributed by atoms with van der Waals surface area (Å²) in [6.07, 6.45) is 0. The van der Waals surface area contributed by atoms with Gasteiger partial charge in [0.1, 0.15) is 22.3 Å². The van der Waals surface area contributed by atoms with Gasteiger partial charge in [-0.25, -0.2) is 4.68 Å². The maximum Gasteiger partial charge on any atom is 0.264 e. The number of nitrogens with two attached hydrogens (primary N) is 1. The zero-order valence-electron chi connectivity index (χ0n) is 11.1. The van der Waals surface area contributed by atoms with Crippen molar-refractivity contribution in [1.82, 2.24) is 14.8 Å². The second-order valence-corrected chi connectivity index (χ2v) is 4.59. The molecule has 0 saturated carbocycles. The summed E-state index contributed by atoms with van der Waals surface area (Å²) in [5.74, 6) is -0.802. The maximum atomic E-state index is 12.0. The molecule has 0 spiro atoms. The molecular weight excluding hydrogens is 272 g/mol. The number of H-pyrrole nitrogens is 1. The van der Waals surface area contributed by atoms with E-state index >= 15 is 0 Å². The SMILES string of the molecule is CC(=O)c1c(O)[nH]c(=O)c2c(N)n(-c3ccccc3)nc12. The zero-order chi connectivity index (χ0) is 15.1. The van der Waals surface area contributed by atoms with E-state index in [4.69, 9.17) is 5.73 Å². The summed E-state index contributed by atoms with van der Waals surface area (Å²) < 4.78 is 1.37. The largest absolute Gasteiger partial charge is 0.494 e. The Morgan fingerprint density at radius 2 is 2.00 bits per heavy atom. The van der Waals surface area contributed by atoms with Crippen LogP contribution in [0.2, 0.25) is 0 Å². The number of hydrogen-bond acceptors (Lipinski definition) is 5. The Hall–Kier alpha value is -3.09. The number of anilines is 1. The number of nitrogens with zero attached hydrogens (tertiary/aromatic N) is 2. The smallest absolute Gasteiger partial charge is 0.264 e. The minimum absolute atomic E-state index is 0.0500. The molecule has 0 atom stereocenters. The summed E-state index contributed by atoms with van der Waals surface area (Å²) in [6.45, 7) is 1.28. The summed E-state index contributed by atoms with van der Waals surface area (Å²) in [6, 6.07) is 8.97. The molecule has 0 aliphatic carbocycles. The van der Waals surface area contributed by atoms with Crippen molar-refractivity contribution in [2.45, 2.75) is 6.92 Å². The fourth-order valence-corrected chi connectivity index (χ4v) is 2.27. The molecule has 7 heteroatoms. The lowest BCUT2D eigenvalue weighted by molar-refractivity contribution is 0.101. The molecule has 0 radical (unpaired) electrons. The van der Waals surface area contributed by atoms with Crippen molar-refractivity contribution in [2.24, 2.45) is 0 Å². The molecule has 3 aromatic rings. The molecule has 2 heterocycles. The van der Waals surface area contributed by atoms with Crippen molar-refractivity contribution < 1.29 is 9.90 Å². The number of aromatic amines is 1. The molecule has 0 aliphatic rings. The van der Waals surface area contributed by atoms with Gasteiger partial charge in [-0.2, -0.15) is 5.10 Å². The number of benzene rings is 1. The molecular formula is C14H12N4O3. The summed E-state index contributed by atoms with van der Waals surface area (Å²) in [7, 11) is 0. The highest BCUT2D eigenvalue weighted by Gasteiger charge is 2.22. The highest BCUT2D eigenvalue weighted by atomic mass is 16.3. The number of ketones is 1. The molecule has 0 fully saturated rings. The number of pyridine rings is 1. The van der Waals surface area contributed by atoms with E-state index in [0.717, 1.165) is 0 Å². The first-order valence-electron chi connectivity index (χ1n) is 6.20. The van der Waals surface area contributed by atoms with Gasteiger partial charge in [0.05, 0.1) is 5.69 Å². The fraction of sp³-hybridized carbons (Fsp3) is 0.0714. The van der Waals surface area contributed by atoms with Gasteiger partial charge in [0.15, 0.2) is 5.78 Å². The van der Waals surface area contributed by atoms with Crippen LogP contribution in [0.3, 0.4) is 0 Å². The predicted molar refractivity (Wildman–Crippen MR) is 77.8 cm³/mol. The van der Waals surface area contributed by atoms with Crippen LogP contribution in [0.4, 0.5) is 5.82 Å². The Morgan fingerprint density at radius 3 is 2.62 bits per heavy atom. The summed E-state index contributed by atoms with van der Waals surface area (Å²) in [4.78, 5) is 25.9. The second-order valence-electron chi connectivity index (χ2n) is 4.59. The molecule has 4 N–H and O–H groups in total. The fourth-order valence-electron chi connectivity index (χ4n) is 2.27. The molecule has 0 bridgehead atoms. The van der Waals surface area contributed by atoms with Crippen LogP contribution in [0.15, 0.2) is 35.1 Å². The van der Waals surface area contributed by atoms with Crippen LogP contribution in [0.5, 0.6) is 5.88 Å². The predicted octanol–water partition coefficient (Wildman–Crippen LogP) is 1.20. The van der Waals surface area contributed by atoms with Crippen LogP contribution >= 0.6 is 0 Å². The zero-order valence-corrected chi connectivity index (χ0v) is 11.1. The molecule has 7 nitrogen and oxygen atoms in total. The molecule has 0 aliphatic heterocycles. The van der Waals surface area contributed by atoms with Crippen LogP contribution in [0, 0.1) is 0 Å². The Morgan fingerprint density at radius 1 is 1.33 bits per heavy atom. The van der Waals surface area contributed by atoms with Crippen LogP contribution < -0.4 is 11.3 Å². The lowest BCUT2D eigenvalue weighted by Crippen LogP contribution is -2.10. The van der Waals surface area contributed by atoms with E-state index in [1.165, 1.54) is 11.6 Å². The van der Waals surface area contributed by atoms with Gasteiger partial charge in [0.25, 0.3) is 5.56 Å². The number of fused-ring (bicyclic) bond motifs is 1. The van der Waals surface area contributed by atoms with Crippen molar-refractivity contribution in [2.75, 3.05) is 5.73 Å². The summed E-state index contributed by atoms with van der Waals surface area (Å²) >= 11 is 0. The van der Waals surface area contributed by atoms with Gasteiger partial charge >= 0.3 is 0 Å². The summed E-state index contributed by atoms with van der Waals surface area (Å²) in [5, 5.41) is 14.1. The number of hydrogen-bond donors (Lipinski definition) is 3. The minimum Gasteiger partial charge on any atom is -0.494 e. The number of carbonyl (C=O) groups is 1. The van der Waals surface area contributed by atoms with E-state index in [-0.39, 0.29) is 22.3 Å². The van der Waals surface area contributed by atoms with E-state index in [9.17, 15) is 14.7 Å². The van der Waals surface area contributed by atoms with Crippen molar-refractivity contribution in [3.63, 3.8) is 0 Å². The number of aromatic nitrogens is 3. The van der Waals surface area contributed by atoms with E-state index in [0.29, 0.717) is 5.69 Å². The Labute approximate surface area is 118 Å². The number of carbonyl (C=O) groups excluding carboxylic acids is 1. The normalized spacial score (nSPS) is 10.9. The quantitative estimate of drug-likeness (QED) is 0.612. The first kappa shape index (κ1) is 12.9. The number of Topliss-reactive ketones (excluding diaryl/α,β-unsaturated/α-hetero) is 1. The van der Waals surface area contributed by atoms with Crippen LogP contribution in [-0.2, 0) is 0 Å². The van der Waals surface area contributed by atoms with Crippen LogP contribution in [-0.4, -0.2) is 25.7 Å². The van der Waals surface area contributed by atoms with E-state index in [2.05, 4.69) is 10.1 Å². The topological polar surface area (TPSA) is 114 Å². The Kier molecular flexibility index (Phi) is 2.76. The van der Waals surface area contributed by atoms with Crippen molar-refractivity contribution in [3.05, 3.63) is 46.2 Å². The third kappa shape index (κ3) is 1.86. The van der Waals surface area contributed by atoms with Gasteiger partial charge in [-0.3, -0.25) is 14.6 Å². The van der Waals surface area contributed by atoms with Crippen molar-refractivity contribution in [1.29, 1.82) is 0 Å². The monoisotopic (exact) mass is 284 g/mol. The highest BCUT2D eigenvalue weighted by molar-refractivity contribution is 6.09. The van der Waals surface area contributed by atoms with Gasteiger partial charge in [-0.15, -0.1) is 0 Å². The Balaban J connectivity index is 2.45. The van der Waals surface area contributed by atoms with Crippen LogP contribution in [0.1, 0.15) is 17.3 Å². The molecule has 0 amide bonds. The van der Waals surface area contributed by atoms with Gasteiger partial charge in [-0.05, 0) is 19.1 Å². The van der Waals surface area contributed by atoms with E-state index in [1.807, 2.05) is 6.07 Å². The second kappa shape index (κ2) is 4.48. The molecule has 2 aromatic heterocycles. The average Bonchev–Trinajstić information content (AvgIpc) is 2.77. The lowest BCUT2D eigenvalue weighted by atomic mass is 10.1. The molecule has 0 unspecified atom stereocenters. The summed E-state index contributed by atoms with van der Waals surface area (Å²) in [5.41, 5.74) is 6.08. The average molecular weight is 284 g/mol. The molecule has 1 aromatic carbocycles. The lowest BCUT2D eigenvalue weighted by Gasteiger charge is -2.02. The third-order valence-corrected chi connectivity index (χ3v) is 3.21. The van der Waals surface area contributed by atoms with Gasteiger partial charge < -0.3 is 10.8 Å². The maximum absolute atomic E-state index is 12.0. The molecule has 0 saturated heterocycles. The molecule has 21 heavy (non-hydrogen) atoms. The van der Waals surface area contributed by atoms with Crippen molar-refractivity contribution in [3.8, 4) is 11.6 Å². The van der Waals surface area contributed by atoms with Gasteiger partial charge in [0.2, 0.25) is 5.88 Å². The number of rotatable bonds is 2. The first-order valence-corrected chi connectivity index (χ1v) is 6.20. The van der Waals surface area contributed by atoms with Crippen molar-refractivity contribution >= 4 is 22.5 Å².